The molecular weight excluding hydrogens is 421 g/mol. The number of halogens is 1. The lowest BCUT2D eigenvalue weighted by Crippen LogP contribution is -2.38. The molecule has 1 aliphatic carbocycles. The van der Waals surface area contributed by atoms with Gasteiger partial charge in [-0.15, -0.1) is 35.3 Å². The molecule has 4 nitrogen and oxygen atoms in total. The van der Waals surface area contributed by atoms with Gasteiger partial charge in [0.1, 0.15) is 0 Å². The SMILES string of the molecule is CCNC(=NCc1ccc(CC)s1)NCCCOCC1CC1.I. The zero-order valence-corrected chi connectivity index (χ0v) is 17.4. The summed E-state index contributed by atoms with van der Waals surface area (Å²) in [7, 11) is 0. The van der Waals surface area contributed by atoms with Crippen LogP contribution in [0.4, 0.5) is 0 Å². The van der Waals surface area contributed by atoms with Gasteiger partial charge in [-0.1, -0.05) is 6.92 Å². The number of hydrogen-bond acceptors (Lipinski definition) is 3. The summed E-state index contributed by atoms with van der Waals surface area (Å²) in [5.74, 6) is 1.75. The molecule has 1 saturated carbocycles. The van der Waals surface area contributed by atoms with Crippen molar-refractivity contribution in [3.05, 3.63) is 21.9 Å². The first-order chi connectivity index (χ1) is 10.8. The lowest BCUT2D eigenvalue weighted by atomic mass is 10.4. The molecule has 1 aliphatic rings. The first kappa shape index (κ1) is 20.7. The Morgan fingerprint density at radius 3 is 2.70 bits per heavy atom. The van der Waals surface area contributed by atoms with Crippen LogP contribution in [0.1, 0.15) is 42.9 Å². The minimum absolute atomic E-state index is 0. The van der Waals surface area contributed by atoms with Crippen LogP contribution in [0.15, 0.2) is 17.1 Å². The molecule has 0 bridgehead atoms. The van der Waals surface area contributed by atoms with Crippen molar-refractivity contribution in [3.8, 4) is 0 Å². The molecule has 0 radical (unpaired) electrons. The quantitative estimate of drug-likeness (QED) is 0.246. The number of ether oxygens (including phenoxy) is 1. The number of rotatable bonds is 10. The monoisotopic (exact) mass is 451 g/mol. The van der Waals surface area contributed by atoms with Gasteiger partial charge < -0.3 is 15.4 Å². The van der Waals surface area contributed by atoms with Crippen LogP contribution in [-0.2, 0) is 17.7 Å². The number of thiophene rings is 1. The summed E-state index contributed by atoms with van der Waals surface area (Å²) >= 11 is 1.85. The largest absolute Gasteiger partial charge is 0.381 e. The lowest BCUT2D eigenvalue weighted by molar-refractivity contribution is 0.123. The third-order valence-electron chi connectivity index (χ3n) is 3.61. The molecule has 23 heavy (non-hydrogen) atoms. The maximum absolute atomic E-state index is 5.65. The summed E-state index contributed by atoms with van der Waals surface area (Å²) in [6.07, 6.45) is 4.85. The first-order valence-electron chi connectivity index (χ1n) is 8.49. The molecule has 0 aromatic carbocycles. The number of guanidine groups is 1. The van der Waals surface area contributed by atoms with Crippen molar-refractivity contribution < 1.29 is 4.74 Å². The molecule has 2 N–H and O–H groups in total. The van der Waals surface area contributed by atoms with E-state index in [2.05, 4.69) is 41.6 Å². The van der Waals surface area contributed by atoms with Crippen LogP contribution in [0.3, 0.4) is 0 Å². The zero-order valence-electron chi connectivity index (χ0n) is 14.3. The second kappa shape index (κ2) is 12.1. The van der Waals surface area contributed by atoms with Gasteiger partial charge in [-0.05, 0) is 50.7 Å². The summed E-state index contributed by atoms with van der Waals surface area (Å²) in [6.45, 7) is 8.61. The molecule has 0 atom stereocenters. The molecule has 0 aliphatic heterocycles. The molecule has 132 valence electrons. The fourth-order valence-corrected chi connectivity index (χ4v) is 2.99. The predicted molar refractivity (Wildman–Crippen MR) is 110 cm³/mol. The Balaban J connectivity index is 0.00000264. The molecule has 0 amide bonds. The van der Waals surface area contributed by atoms with Crippen LogP contribution in [0.25, 0.3) is 0 Å². The van der Waals surface area contributed by atoms with Crippen molar-refractivity contribution >= 4 is 41.3 Å². The molecule has 0 spiro atoms. The van der Waals surface area contributed by atoms with E-state index in [0.717, 1.165) is 57.6 Å². The molecule has 6 heteroatoms. The van der Waals surface area contributed by atoms with Gasteiger partial charge in [0.05, 0.1) is 6.54 Å². The molecule has 1 aromatic heterocycles. The number of nitrogens with zero attached hydrogens (tertiary/aromatic N) is 1. The Labute approximate surface area is 161 Å². The first-order valence-corrected chi connectivity index (χ1v) is 9.31. The summed E-state index contributed by atoms with van der Waals surface area (Å²) in [6, 6.07) is 4.38. The number of hydrogen-bond donors (Lipinski definition) is 2. The average Bonchev–Trinajstić information content (AvgIpc) is 3.24. The van der Waals surface area contributed by atoms with Gasteiger partial charge in [-0.3, -0.25) is 0 Å². The Hall–Kier alpha value is -0.340. The molecule has 1 aromatic rings. The van der Waals surface area contributed by atoms with Gasteiger partial charge in [-0.2, -0.15) is 0 Å². The third kappa shape index (κ3) is 8.91. The van der Waals surface area contributed by atoms with E-state index in [-0.39, 0.29) is 24.0 Å². The van der Waals surface area contributed by atoms with Gasteiger partial charge >= 0.3 is 0 Å². The van der Waals surface area contributed by atoms with Crippen LogP contribution < -0.4 is 10.6 Å². The lowest BCUT2D eigenvalue weighted by Gasteiger charge is -2.11. The van der Waals surface area contributed by atoms with E-state index in [0.29, 0.717) is 0 Å². The molecule has 0 unspecified atom stereocenters. The standard InChI is InChI=1S/C17H29N3OS.HI/c1-3-15-8-9-16(22-15)12-20-17(18-4-2)19-10-5-11-21-13-14-6-7-14;/h8-9,14H,3-7,10-13H2,1-2H3,(H2,18,19,20);1H. The van der Waals surface area contributed by atoms with Crippen LogP contribution in [0.5, 0.6) is 0 Å². The number of nitrogens with one attached hydrogen (secondary N) is 2. The highest BCUT2D eigenvalue weighted by molar-refractivity contribution is 14.0. The van der Waals surface area contributed by atoms with Crippen LogP contribution in [0, 0.1) is 5.92 Å². The minimum atomic E-state index is 0. The van der Waals surface area contributed by atoms with Gasteiger partial charge in [0.2, 0.25) is 0 Å². The van der Waals surface area contributed by atoms with Gasteiger partial charge in [0.25, 0.3) is 0 Å². The van der Waals surface area contributed by atoms with Crippen LogP contribution in [0.2, 0.25) is 0 Å². The Kier molecular flexibility index (Phi) is 10.9. The Bertz CT molecular complexity index is 460. The number of aryl methyl sites for hydroxylation is 1. The maximum atomic E-state index is 5.65. The van der Waals surface area contributed by atoms with Crippen molar-refractivity contribution in [2.24, 2.45) is 10.9 Å². The number of aliphatic imine (C=N–C) groups is 1. The fraction of sp³-hybridized carbons (Fsp3) is 0.706. The molecule has 1 heterocycles. The third-order valence-corrected chi connectivity index (χ3v) is 4.83. The molecule has 2 rings (SSSR count). The molecule has 1 fully saturated rings. The highest BCUT2D eigenvalue weighted by atomic mass is 127. The second-order valence-electron chi connectivity index (χ2n) is 5.72. The Morgan fingerprint density at radius 1 is 1.26 bits per heavy atom. The smallest absolute Gasteiger partial charge is 0.191 e. The topological polar surface area (TPSA) is 45.7 Å². The predicted octanol–water partition coefficient (Wildman–Crippen LogP) is 3.80. The highest BCUT2D eigenvalue weighted by Crippen LogP contribution is 2.28. The van der Waals surface area contributed by atoms with Crippen LogP contribution in [-0.4, -0.2) is 32.3 Å². The summed E-state index contributed by atoms with van der Waals surface area (Å²) in [5.41, 5.74) is 0. The summed E-state index contributed by atoms with van der Waals surface area (Å²) in [4.78, 5) is 7.40. The van der Waals surface area contributed by atoms with E-state index < -0.39 is 0 Å². The average molecular weight is 451 g/mol. The van der Waals surface area contributed by atoms with Crippen molar-refractivity contribution in [1.82, 2.24) is 10.6 Å². The van der Waals surface area contributed by atoms with E-state index in [1.54, 1.807) is 0 Å². The normalized spacial score (nSPS) is 14.4. The Morgan fingerprint density at radius 2 is 2.04 bits per heavy atom. The zero-order chi connectivity index (χ0) is 15.6. The van der Waals surface area contributed by atoms with Crippen molar-refractivity contribution in [2.45, 2.75) is 46.1 Å². The van der Waals surface area contributed by atoms with Crippen molar-refractivity contribution in [2.75, 3.05) is 26.3 Å². The van der Waals surface area contributed by atoms with Gasteiger partial charge in [-0.25, -0.2) is 4.99 Å². The van der Waals surface area contributed by atoms with Crippen LogP contribution >= 0.6 is 35.3 Å². The molecular formula is C17H30IN3OS. The van der Waals surface area contributed by atoms with E-state index in [1.807, 2.05) is 11.3 Å². The van der Waals surface area contributed by atoms with E-state index in [4.69, 9.17) is 4.74 Å². The van der Waals surface area contributed by atoms with Gasteiger partial charge in [0, 0.05) is 36.1 Å². The van der Waals surface area contributed by atoms with E-state index >= 15 is 0 Å². The van der Waals surface area contributed by atoms with E-state index in [9.17, 15) is 0 Å². The molecule has 0 saturated heterocycles. The maximum Gasteiger partial charge on any atom is 0.191 e. The highest BCUT2D eigenvalue weighted by Gasteiger charge is 2.20. The summed E-state index contributed by atoms with van der Waals surface area (Å²) < 4.78 is 5.65. The second-order valence-corrected chi connectivity index (χ2v) is 6.97. The van der Waals surface area contributed by atoms with Crippen molar-refractivity contribution in [3.63, 3.8) is 0 Å². The summed E-state index contributed by atoms with van der Waals surface area (Å²) in [5, 5.41) is 6.67. The van der Waals surface area contributed by atoms with Gasteiger partial charge in [0.15, 0.2) is 5.96 Å². The van der Waals surface area contributed by atoms with Crippen molar-refractivity contribution in [1.29, 1.82) is 0 Å². The fourth-order valence-electron chi connectivity index (χ4n) is 2.11. The van der Waals surface area contributed by atoms with E-state index in [1.165, 1.54) is 22.6 Å². The minimum Gasteiger partial charge on any atom is -0.381 e.